The Morgan fingerprint density at radius 2 is 2.16 bits per heavy atom. The molecule has 0 saturated carbocycles. The third kappa shape index (κ3) is 2.95. The molecule has 0 atom stereocenters. The van der Waals surface area contributed by atoms with Crippen LogP contribution in [-0.2, 0) is 13.0 Å². The van der Waals surface area contributed by atoms with Gasteiger partial charge >= 0.3 is 0 Å². The Morgan fingerprint density at radius 1 is 1.21 bits per heavy atom. The molecule has 1 fully saturated rings. The van der Waals surface area contributed by atoms with E-state index in [1.807, 2.05) is 22.7 Å². The first-order chi connectivity index (χ1) is 9.34. The molecular weight excluding hydrogens is 256 g/mol. The van der Waals surface area contributed by atoms with Crippen molar-refractivity contribution in [2.75, 3.05) is 31.1 Å². The lowest BCUT2D eigenvalue weighted by atomic mass is 9.98. The lowest BCUT2D eigenvalue weighted by Crippen LogP contribution is -2.33. The number of carbonyl (C=O) groups is 1. The molecule has 1 amide bonds. The first kappa shape index (κ1) is 13.0. The number of carbonyl (C=O) groups excluding carboxylic acids is 1. The molecule has 0 aromatic heterocycles. The van der Waals surface area contributed by atoms with E-state index in [0.29, 0.717) is 0 Å². The molecule has 19 heavy (non-hydrogen) atoms. The number of rotatable bonds is 1. The maximum absolute atomic E-state index is 12.5. The van der Waals surface area contributed by atoms with Crippen LogP contribution in [0.4, 0.5) is 0 Å². The molecule has 2 heterocycles. The molecule has 0 radical (unpaired) electrons. The van der Waals surface area contributed by atoms with Gasteiger partial charge in [-0.05, 0) is 48.4 Å². The van der Waals surface area contributed by atoms with Crippen LogP contribution in [0.15, 0.2) is 18.2 Å². The molecule has 4 heteroatoms. The van der Waals surface area contributed by atoms with Crippen molar-refractivity contribution < 1.29 is 4.79 Å². The van der Waals surface area contributed by atoms with Crippen LogP contribution in [0.25, 0.3) is 0 Å². The van der Waals surface area contributed by atoms with E-state index in [9.17, 15) is 4.79 Å². The molecule has 3 rings (SSSR count). The molecule has 1 saturated heterocycles. The number of amides is 1. The van der Waals surface area contributed by atoms with Crippen LogP contribution in [0.2, 0.25) is 0 Å². The molecule has 102 valence electrons. The van der Waals surface area contributed by atoms with Gasteiger partial charge in [-0.25, -0.2) is 0 Å². The molecule has 2 aliphatic rings. The van der Waals surface area contributed by atoms with Gasteiger partial charge in [-0.1, -0.05) is 6.07 Å². The molecule has 1 aromatic carbocycles. The summed E-state index contributed by atoms with van der Waals surface area (Å²) in [6, 6.07) is 6.22. The highest BCUT2D eigenvalue weighted by molar-refractivity contribution is 7.99. The zero-order chi connectivity index (χ0) is 13.1. The number of fused-ring (bicyclic) bond motifs is 1. The van der Waals surface area contributed by atoms with Gasteiger partial charge < -0.3 is 10.2 Å². The van der Waals surface area contributed by atoms with Gasteiger partial charge in [0.15, 0.2) is 0 Å². The molecule has 0 spiro atoms. The monoisotopic (exact) mass is 276 g/mol. The Morgan fingerprint density at radius 3 is 3.11 bits per heavy atom. The van der Waals surface area contributed by atoms with Crippen molar-refractivity contribution in [3.05, 3.63) is 34.9 Å². The predicted molar refractivity (Wildman–Crippen MR) is 79.7 cm³/mol. The summed E-state index contributed by atoms with van der Waals surface area (Å²) in [5.41, 5.74) is 3.54. The third-order valence-electron chi connectivity index (χ3n) is 3.85. The summed E-state index contributed by atoms with van der Waals surface area (Å²) < 4.78 is 0. The Hall–Kier alpha value is -1.00. The van der Waals surface area contributed by atoms with Crippen LogP contribution in [0.1, 0.15) is 27.9 Å². The maximum Gasteiger partial charge on any atom is 0.253 e. The Bertz CT molecular complexity index is 467. The molecule has 1 N–H and O–H groups in total. The van der Waals surface area contributed by atoms with Gasteiger partial charge in [0.05, 0.1) is 0 Å². The summed E-state index contributed by atoms with van der Waals surface area (Å²) in [6.07, 6.45) is 2.19. The highest BCUT2D eigenvalue weighted by Gasteiger charge is 2.19. The summed E-state index contributed by atoms with van der Waals surface area (Å²) in [6.45, 7) is 3.73. The molecule has 3 nitrogen and oxygen atoms in total. The van der Waals surface area contributed by atoms with E-state index in [1.54, 1.807) is 0 Å². The average Bonchev–Trinajstić information content (AvgIpc) is 2.75. The van der Waals surface area contributed by atoms with Gasteiger partial charge in [-0.3, -0.25) is 4.79 Å². The topological polar surface area (TPSA) is 32.3 Å². The fourth-order valence-corrected chi connectivity index (χ4v) is 3.63. The van der Waals surface area contributed by atoms with E-state index in [2.05, 4.69) is 17.4 Å². The maximum atomic E-state index is 12.5. The quantitative estimate of drug-likeness (QED) is 0.850. The van der Waals surface area contributed by atoms with Crippen LogP contribution >= 0.6 is 11.8 Å². The first-order valence-corrected chi connectivity index (χ1v) is 8.19. The van der Waals surface area contributed by atoms with Gasteiger partial charge in [0, 0.05) is 31.0 Å². The average molecular weight is 276 g/mol. The molecule has 2 aliphatic heterocycles. The molecule has 1 aromatic rings. The molecule has 0 unspecified atom stereocenters. The molecule has 0 bridgehead atoms. The van der Waals surface area contributed by atoms with Gasteiger partial charge in [-0.2, -0.15) is 11.8 Å². The summed E-state index contributed by atoms with van der Waals surface area (Å²) in [7, 11) is 0. The van der Waals surface area contributed by atoms with Crippen molar-refractivity contribution in [1.82, 2.24) is 10.2 Å². The number of hydrogen-bond donors (Lipinski definition) is 1. The van der Waals surface area contributed by atoms with Gasteiger partial charge in [0.25, 0.3) is 5.91 Å². The number of thioether (sulfide) groups is 1. The Labute approximate surface area is 118 Å². The number of hydrogen-bond acceptors (Lipinski definition) is 3. The second-order valence-electron chi connectivity index (χ2n) is 5.17. The van der Waals surface area contributed by atoms with E-state index in [4.69, 9.17) is 0 Å². The van der Waals surface area contributed by atoms with Crippen LogP contribution in [0.5, 0.6) is 0 Å². The van der Waals surface area contributed by atoms with Gasteiger partial charge in [0.2, 0.25) is 0 Å². The summed E-state index contributed by atoms with van der Waals surface area (Å²) >= 11 is 1.95. The standard InChI is InChI=1S/C15H20N2OS/c18-15(17-6-1-8-19-9-7-17)13-3-2-12-4-5-16-11-14(12)10-13/h2-3,10,16H,1,4-9,11H2. The summed E-state index contributed by atoms with van der Waals surface area (Å²) in [5.74, 6) is 2.45. The van der Waals surface area contributed by atoms with Crippen molar-refractivity contribution in [3.63, 3.8) is 0 Å². The zero-order valence-electron chi connectivity index (χ0n) is 11.2. The Balaban J connectivity index is 1.78. The van der Waals surface area contributed by atoms with Crippen molar-refractivity contribution >= 4 is 17.7 Å². The second kappa shape index (κ2) is 5.97. The fourth-order valence-electron chi connectivity index (χ4n) is 2.75. The van der Waals surface area contributed by atoms with Crippen LogP contribution in [0, 0.1) is 0 Å². The van der Waals surface area contributed by atoms with E-state index in [1.165, 1.54) is 16.9 Å². The van der Waals surface area contributed by atoms with Crippen molar-refractivity contribution in [1.29, 1.82) is 0 Å². The number of benzene rings is 1. The normalized spacial score (nSPS) is 19.7. The van der Waals surface area contributed by atoms with Gasteiger partial charge in [-0.15, -0.1) is 0 Å². The lowest BCUT2D eigenvalue weighted by molar-refractivity contribution is 0.0768. The number of nitrogens with one attached hydrogen (secondary N) is 1. The minimum absolute atomic E-state index is 0.205. The fraction of sp³-hybridized carbons (Fsp3) is 0.533. The van der Waals surface area contributed by atoms with E-state index in [0.717, 1.165) is 50.3 Å². The van der Waals surface area contributed by atoms with E-state index >= 15 is 0 Å². The van der Waals surface area contributed by atoms with E-state index < -0.39 is 0 Å². The summed E-state index contributed by atoms with van der Waals surface area (Å²) in [5, 5.41) is 3.37. The summed E-state index contributed by atoms with van der Waals surface area (Å²) in [4.78, 5) is 14.5. The van der Waals surface area contributed by atoms with Crippen LogP contribution in [-0.4, -0.2) is 41.9 Å². The smallest absolute Gasteiger partial charge is 0.253 e. The first-order valence-electron chi connectivity index (χ1n) is 7.04. The lowest BCUT2D eigenvalue weighted by Gasteiger charge is -2.22. The number of nitrogens with zero attached hydrogens (tertiary/aromatic N) is 1. The Kier molecular flexibility index (Phi) is 4.09. The highest BCUT2D eigenvalue weighted by atomic mass is 32.2. The predicted octanol–water partition coefficient (Wildman–Crippen LogP) is 1.91. The van der Waals surface area contributed by atoms with Crippen LogP contribution in [0.3, 0.4) is 0 Å². The van der Waals surface area contributed by atoms with Crippen LogP contribution < -0.4 is 5.32 Å². The minimum Gasteiger partial charge on any atom is -0.338 e. The second-order valence-corrected chi connectivity index (χ2v) is 6.39. The molecule has 0 aliphatic carbocycles. The molecular formula is C15H20N2OS. The third-order valence-corrected chi connectivity index (χ3v) is 4.90. The van der Waals surface area contributed by atoms with E-state index in [-0.39, 0.29) is 5.91 Å². The minimum atomic E-state index is 0.205. The van der Waals surface area contributed by atoms with Crippen molar-refractivity contribution in [2.24, 2.45) is 0 Å². The zero-order valence-corrected chi connectivity index (χ0v) is 12.0. The van der Waals surface area contributed by atoms with Gasteiger partial charge in [0.1, 0.15) is 0 Å². The highest BCUT2D eigenvalue weighted by Crippen LogP contribution is 2.18. The van der Waals surface area contributed by atoms with Crippen molar-refractivity contribution in [3.8, 4) is 0 Å². The SMILES string of the molecule is O=C(c1ccc2c(c1)CNCC2)N1CCCSCC1. The largest absolute Gasteiger partial charge is 0.338 e. The van der Waals surface area contributed by atoms with Crippen molar-refractivity contribution in [2.45, 2.75) is 19.4 Å².